The Labute approximate surface area is 147 Å². The Hall–Kier alpha value is -2.89. The molecule has 0 aromatic heterocycles. The Morgan fingerprint density at radius 2 is 1.92 bits per heavy atom. The standard InChI is InChI=1S/C19H22N2O4/c1-13-4-3-5-16(14(13)2)23-9-8-20-19(22)21-15-6-7-17-18(12-15)25-11-10-24-17/h3-7,12H,8-11H2,1-2H3,(H2,20,21,22). The second-order valence-electron chi connectivity index (χ2n) is 5.79. The molecule has 0 saturated heterocycles. The van der Waals surface area contributed by atoms with Crippen molar-refractivity contribution in [3.05, 3.63) is 47.5 Å². The lowest BCUT2D eigenvalue weighted by Crippen LogP contribution is -2.32. The van der Waals surface area contributed by atoms with Crippen molar-refractivity contribution in [2.75, 3.05) is 31.7 Å². The summed E-state index contributed by atoms with van der Waals surface area (Å²) in [5.74, 6) is 2.18. The summed E-state index contributed by atoms with van der Waals surface area (Å²) in [5, 5.41) is 5.54. The zero-order valence-corrected chi connectivity index (χ0v) is 14.4. The molecule has 2 aromatic rings. The van der Waals surface area contributed by atoms with Crippen molar-refractivity contribution in [2.24, 2.45) is 0 Å². The molecule has 0 bridgehead atoms. The second-order valence-corrected chi connectivity index (χ2v) is 5.79. The first-order chi connectivity index (χ1) is 12.1. The van der Waals surface area contributed by atoms with Crippen LogP contribution in [0.2, 0.25) is 0 Å². The molecule has 1 heterocycles. The molecule has 6 heteroatoms. The van der Waals surface area contributed by atoms with Crippen molar-refractivity contribution >= 4 is 11.7 Å². The molecular weight excluding hydrogens is 320 g/mol. The highest BCUT2D eigenvalue weighted by atomic mass is 16.6. The molecular formula is C19H22N2O4. The van der Waals surface area contributed by atoms with Gasteiger partial charge in [0.1, 0.15) is 25.6 Å². The minimum Gasteiger partial charge on any atom is -0.491 e. The van der Waals surface area contributed by atoms with Crippen molar-refractivity contribution in [3.8, 4) is 17.2 Å². The summed E-state index contributed by atoms with van der Waals surface area (Å²) in [6, 6.07) is 11.0. The van der Waals surface area contributed by atoms with Gasteiger partial charge in [0.2, 0.25) is 0 Å². The summed E-state index contributed by atoms with van der Waals surface area (Å²) in [6.07, 6.45) is 0. The maximum atomic E-state index is 12.0. The third kappa shape index (κ3) is 4.35. The van der Waals surface area contributed by atoms with Crippen molar-refractivity contribution in [1.82, 2.24) is 5.32 Å². The van der Waals surface area contributed by atoms with Crippen LogP contribution in [0.4, 0.5) is 10.5 Å². The van der Waals surface area contributed by atoms with E-state index in [9.17, 15) is 4.79 Å². The number of amides is 2. The summed E-state index contributed by atoms with van der Waals surface area (Å²) in [7, 11) is 0. The summed E-state index contributed by atoms with van der Waals surface area (Å²) in [4.78, 5) is 12.0. The molecule has 2 N–H and O–H groups in total. The minimum absolute atomic E-state index is 0.291. The van der Waals surface area contributed by atoms with Crippen molar-refractivity contribution in [3.63, 3.8) is 0 Å². The van der Waals surface area contributed by atoms with Gasteiger partial charge in [0.15, 0.2) is 11.5 Å². The van der Waals surface area contributed by atoms with Crippen LogP contribution >= 0.6 is 0 Å². The lowest BCUT2D eigenvalue weighted by Gasteiger charge is -2.19. The number of carbonyl (C=O) groups is 1. The van der Waals surface area contributed by atoms with E-state index < -0.39 is 0 Å². The lowest BCUT2D eigenvalue weighted by atomic mass is 10.1. The topological polar surface area (TPSA) is 68.8 Å². The minimum atomic E-state index is -0.291. The van der Waals surface area contributed by atoms with Gasteiger partial charge in [0.25, 0.3) is 0 Å². The second kappa shape index (κ2) is 7.79. The number of urea groups is 1. The van der Waals surface area contributed by atoms with E-state index in [0.29, 0.717) is 43.6 Å². The van der Waals surface area contributed by atoms with Crippen molar-refractivity contribution < 1.29 is 19.0 Å². The number of carbonyl (C=O) groups excluding carboxylic acids is 1. The Morgan fingerprint density at radius 3 is 2.76 bits per heavy atom. The first-order valence-electron chi connectivity index (χ1n) is 8.27. The zero-order valence-electron chi connectivity index (χ0n) is 14.4. The zero-order chi connectivity index (χ0) is 17.6. The van der Waals surface area contributed by atoms with E-state index in [2.05, 4.69) is 10.6 Å². The highest BCUT2D eigenvalue weighted by molar-refractivity contribution is 5.89. The van der Waals surface area contributed by atoms with E-state index >= 15 is 0 Å². The average Bonchev–Trinajstić information content (AvgIpc) is 2.62. The monoisotopic (exact) mass is 342 g/mol. The number of anilines is 1. The van der Waals surface area contributed by atoms with E-state index in [-0.39, 0.29) is 6.03 Å². The fourth-order valence-corrected chi connectivity index (χ4v) is 2.50. The van der Waals surface area contributed by atoms with E-state index in [4.69, 9.17) is 14.2 Å². The van der Waals surface area contributed by atoms with Gasteiger partial charge in [0, 0.05) is 11.8 Å². The van der Waals surface area contributed by atoms with Gasteiger partial charge in [-0.1, -0.05) is 12.1 Å². The molecule has 0 spiro atoms. The van der Waals surface area contributed by atoms with Crippen molar-refractivity contribution in [2.45, 2.75) is 13.8 Å². The Morgan fingerprint density at radius 1 is 1.12 bits per heavy atom. The van der Waals surface area contributed by atoms with Crippen LogP contribution < -0.4 is 24.8 Å². The maximum absolute atomic E-state index is 12.0. The SMILES string of the molecule is Cc1cccc(OCCNC(=O)Nc2ccc3c(c2)OCCO3)c1C. The Balaban J connectivity index is 1.44. The van der Waals surface area contributed by atoms with Crippen LogP contribution in [0, 0.1) is 13.8 Å². The van der Waals surface area contributed by atoms with Crippen LogP contribution in [-0.4, -0.2) is 32.4 Å². The molecule has 1 aliphatic heterocycles. The molecule has 0 aliphatic carbocycles. The average molecular weight is 342 g/mol. The fourth-order valence-electron chi connectivity index (χ4n) is 2.50. The van der Waals surface area contributed by atoms with Gasteiger partial charge in [-0.25, -0.2) is 4.79 Å². The molecule has 0 fully saturated rings. The Kier molecular flexibility index (Phi) is 5.28. The number of hydrogen-bond acceptors (Lipinski definition) is 4. The number of ether oxygens (including phenoxy) is 3. The normalized spacial score (nSPS) is 12.4. The number of aryl methyl sites for hydroxylation is 1. The summed E-state index contributed by atoms with van der Waals surface area (Å²) >= 11 is 0. The Bertz CT molecular complexity index is 761. The molecule has 0 atom stereocenters. The van der Waals surface area contributed by atoms with Crippen LogP contribution in [0.3, 0.4) is 0 Å². The van der Waals surface area contributed by atoms with E-state index in [1.807, 2.05) is 32.0 Å². The van der Waals surface area contributed by atoms with E-state index in [1.54, 1.807) is 18.2 Å². The molecule has 3 rings (SSSR count). The molecule has 25 heavy (non-hydrogen) atoms. The number of rotatable bonds is 5. The summed E-state index contributed by atoms with van der Waals surface area (Å²) in [6.45, 7) is 5.93. The predicted molar refractivity (Wildman–Crippen MR) is 95.9 cm³/mol. The quantitative estimate of drug-likeness (QED) is 0.818. The highest BCUT2D eigenvalue weighted by Gasteiger charge is 2.12. The van der Waals surface area contributed by atoms with Gasteiger partial charge in [0.05, 0.1) is 6.54 Å². The first kappa shape index (κ1) is 17.0. The van der Waals surface area contributed by atoms with Crippen LogP contribution in [0.1, 0.15) is 11.1 Å². The molecule has 0 unspecified atom stereocenters. The lowest BCUT2D eigenvalue weighted by molar-refractivity contribution is 0.171. The fraction of sp³-hybridized carbons (Fsp3) is 0.316. The van der Waals surface area contributed by atoms with Gasteiger partial charge in [-0.2, -0.15) is 0 Å². The number of benzene rings is 2. The van der Waals surface area contributed by atoms with Gasteiger partial charge >= 0.3 is 6.03 Å². The summed E-state index contributed by atoms with van der Waals surface area (Å²) in [5.41, 5.74) is 2.95. The van der Waals surface area contributed by atoms with E-state index in [1.165, 1.54) is 5.56 Å². The van der Waals surface area contributed by atoms with Crippen LogP contribution in [0.5, 0.6) is 17.2 Å². The molecule has 0 radical (unpaired) electrons. The molecule has 2 aromatic carbocycles. The largest absolute Gasteiger partial charge is 0.491 e. The van der Waals surface area contributed by atoms with Gasteiger partial charge in [-0.15, -0.1) is 0 Å². The van der Waals surface area contributed by atoms with Crippen LogP contribution in [0.25, 0.3) is 0 Å². The number of hydrogen-bond donors (Lipinski definition) is 2. The van der Waals surface area contributed by atoms with Crippen molar-refractivity contribution in [1.29, 1.82) is 0 Å². The first-order valence-corrected chi connectivity index (χ1v) is 8.27. The maximum Gasteiger partial charge on any atom is 0.319 e. The smallest absolute Gasteiger partial charge is 0.319 e. The van der Waals surface area contributed by atoms with Gasteiger partial charge in [-0.05, 0) is 43.2 Å². The van der Waals surface area contributed by atoms with Gasteiger partial charge < -0.3 is 24.8 Å². The number of fused-ring (bicyclic) bond motifs is 1. The molecule has 0 saturated carbocycles. The van der Waals surface area contributed by atoms with Crippen LogP contribution in [-0.2, 0) is 0 Å². The molecule has 1 aliphatic rings. The van der Waals surface area contributed by atoms with Gasteiger partial charge in [-0.3, -0.25) is 0 Å². The highest BCUT2D eigenvalue weighted by Crippen LogP contribution is 2.32. The summed E-state index contributed by atoms with van der Waals surface area (Å²) < 4.78 is 16.7. The van der Waals surface area contributed by atoms with Crippen LogP contribution in [0.15, 0.2) is 36.4 Å². The molecule has 2 amide bonds. The molecule has 132 valence electrons. The third-order valence-corrected chi connectivity index (χ3v) is 4.00. The number of nitrogens with one attached hydrogen (secondary N) is 2. The van der Waals surface area contributed by atoms with E-state index in [0.717, 1.165) is 11.3 Å². The predicted octanol–water partition coefficient (Wildman–Crippen LogP) is 3.28. The molecule has 6 nitrogen and oxygen atoms in total. The third-order valence-electron chi connectivity index (χ3n) is 4.00.